The molecule has 4 heterocycles. The van der Waals surface area contributed by atoms with Gasteiger partial charge in [0.2, 0.25) is 0 Å². The summed E-state index contributed by atoms with van der Waals surface area (Å²) >= 11 is 0. The highest BCUT2D eigenvalue weighted by atomic mass is 16.6. The molecular weight excluding hydrogens is 444 g/mol. The first-order valence-electron chi connectivity index (χ1n) is 11.8. The van der Waals surface area contributed by atoms with Crippen molar-refractivity contribution in [2.24, 2.45) is 0 Å². The summed E-state index contributed by atoms with van der Waals surface area (Å²) in [6.45, 7) is 10.4. The van der Waals surface area contributed by atoms with E-state index < -0.39 is 5.60 Å². The zero-order chi connectivity index (χ0) is 25.0. The number of rotatable bonds is 6. The van der Waals surface area contributed by atoms with Crippen molar-refractivity contribution >= 4 is 17.6 Å². The van der Waals surface area contributed by atoms with Gasteiger partial charge in [-0.2, -0.15) is 0 Å². The second kappa shape index (κ2) is 10.2. The van der Waals surface area contributed by atoms with Crippen molar-refractivity contribution in [3.63, 3.8) is 0 Å². The lowest BCUT2D eigenvalue weighted by atomic mass is 10.2. The number of Topliss-reactive ketones (excluding diaryl/α,β-unsaturated/α-hetero) is 1. The second-order valence-electron chi connectivity index (χ2n) is 9.79. The van der Waals surface area contributed by atoms with Crippen molar-refractivity contribution < 1.29 is 14.3 Å². The van der Waals surface area contributed by atoms with Crippen LogP contribution in [0.3, 0.4) is 0 Å². The highest BCUT2D eigenvalue weighted by Gasteiger charge is 2.26. The Kier molecular flexibility index (Phi) is 7.14. The molecule has 9 nitrogen and oxygen atoms in total. The molecule has 9 heteroatoms. The van der Waals surface area contributed by atoms with E-state index in [1.807, 2.05) is 58.2 Å². The molecule has 0 unspecified atom stereocenters. The van der Waals surface area contributed by atoms with Crippen LogP contribution < -0.4 is 4.90 Å². The van der Waals surface area contributed by atoms with Crippen molar-refractivity contribution in [2.75, 3.05) is 31.1 Å². The van der Waals surface area contributed by atoms with Gasteiger partial charge in [-0.05, 0) is 52.0 Å². The Morgan fingerprint density at radius 1 is 1.03 bits per heavy atom. The van der Waals surface area contributed by atoms with Gasteiger partial charge in [-0.15, -0.1) is 0 Å². The summed E-state index contributed by atoms with van der Waals surface area (Å²) in [5.74, 6) is 0.0612. The molecule has 3 aromatic rings. The monoisotopic (exact) mass is 476 g/mol. The fourth-order valence-electron chi connectivity index (χ4n) is 3.94. The second-order valence-corrected chi connectivity index (χ2v) is 9.79. The Morgan fingerprint density at radius 2 is 1.80 bits per heavy atom. The predicted octanol–water partition coefficient (Wildman–Crippen LogP) is 3.52. The summed E-state index contributed by atoms with van der Waals surface area (Å²) in [6, 6.07) is 7.76. The number of ketones is 1. The van der Waals surface area contributed by atoms with Crippen molar-refractivity contribution in [1.82, 2.24) is 24.4 Å². The molecule has 35 heavy (non-hydrogen) atoms. The minimum atomic E-state index is -0.496. The van der Waals surface area contributed by atoms with Crippen LogP contribution in [0.25, 0.3) is 11.3 Å². The molecule has 0 saturated carbocycles. The van der Waals surface area contributed by atoms with Gasteiger partial charge in [0.05, 0.1) is 36.9 Å². The van der Waals surface area contributed by atoms with E-state index in [2.05, 4.69) is 19.9 Å². The summed E-state index contributed by atoms with van der Waals surface area (Å²) < 4.78 is 7.26. The van der Waals surface area contributed by atoms with Gasteiger partial charge in [0.1, 0.15) is 5.60 Å². The maximum atomic E-state index is 12.6. The molecule has 0 spiro atoms. The largest absolute Gasteiger partial charge is 0.444 e. The van der Waals surface area contributed by atoms with Crippen LogP contribution in [-0.2, 0) is 22.5 Å². The summed E-state index contributed by atoms with van der Waals surface area (Å²) in [4.78, 5) is 41.9. The standard InChI is InChI=1S/C26H32N6O3/c1-19-13-20(7-8-27-19)24-17-30(18-29-24)16-23(33)14-21-5-6-22(15-28-21)31-9-11-32(12-10-31)25(34)35-26(2,3)4/h5-8,13,15,17-18H,9-12,14,16H2,1-4H3. The Bertz CT molecular complexity index is 1170. The SMILES string of the molecule is Cc1cc(-c2cn(CC(=O)Cc3ccc(N4CCN(C(=O)OC(C)(C)C)CC4)cn3)cn2)ccn1. The average Bonchev–Trinajstić information content (AvgIpc) is 3.27. The molecule has 1 amide bonds. The zero-order valence-electron chi connectivity index (χ0n) is 20.8. The third kappa shape index (κ3) is 6.65. The number of hydrogen-bond donors (Lipinski definition) is 0. The summed E-state index contributed by atoms with van der Waals surface area (Å²) in [5, 5.41) is 0. The van der Waals surface area contributed by atoms with Crippen LogP contribution in [0.4, 0.5) is 10.5 Å². The first-order valence-corrected chi connectivity index (χ1v) is 11.8. The number of anilines is 1. The smallest absolute Gasteiger partial charge is 0.410 e. The molecular formula is C26H32N6O3. The van der Waals surface area contributed by atoms with Gasteiger partial charge < -0.3 is 19.1 Å². The Labute approximate surface area is 205 Å². The number of ether oxygens (including phenoxy) is 1. The minimum absolute atomic E-state index is 0.0612. The molecule has 1 saturated heterocycles. The van der Waals surface area contributed by atoms with Crippen LogP contribution in [0, 0.1) is 6.92 Å². The van der Waals surface area contributed by atoms with Gasteiger partial charge in [-0.3, -0.25) is 14.8 Å². The molecule has 0 N–H and O–H groups in total. The van der Waals surface area contributed by atoms with Gasteiger partial charge in [0, 0.05) is 55.5 Å². The van der Waals surface area contributed by atoms with Gasteiger partial charge in [-0.25, -0.2) is 9.78 Å². The van der Waals surface area contributed by atoms with E-state index in [1.165, 1.54) is 0 Å². The van der Waals surface area contributed by atoms with Crippen LogP contribution in [0.2, 0.25) is 0 Å². The van der Waals surface area contributed by atoms with Crippen LogP contribution >= 0.6 is 0 Å². The number of amides is 1. The van der Waals surface area contributed by atoms with Crippen molar-refractivity contribution in [1.29, 1.82) is 0 Å². The van der Waals surface area contributed by atoms with Crippen molar-refractivity contribution in [3.8, 4) is 11.3 Å². The number of pyridine rings is 2. The highest BCUT2D eigenvalue weighted by molar-refractivity contribution is 5.80. The van der Waals surface area contributed by atoms with Crippen molar-refractivity contribution in [3.05, 3.63) is 60.6 Å². The van der Waals surface area contributed by atoms with E-state index in [4.69, 9.17) is 4.74 Å². The molecule has 184 valence electrons. The van der Waals surface area contributed by atoms with Gasteiger partial charge in [0.15, 0.2) is 5.78 Å². The fourth-order valence-corrected chi connectivity index (χ4v) is 3.94. The third-order valence-electron chi connectivity index (χ3n) is 5.67. The van der Waals surface area contributed by atoms with E-state index >= 15 is 0 Å². The first-order chi connectivity index (χ1) is 16.7. The minimum Gasteiger partial charge on any atom is -0.444 e. The summed E-state index contributed by atoms with van der Waals surface area (Å²) in [7, 11) is 0. The van der Waals surface area contributed by atoms with E-state index in [1.54, 1.807) is 28.2 Å². The average molecular weight is 477 g/mol. The fraction of sp³-hybridized carbons (Fsp3) is 0.423. The van der Waals surface area contributed by atoms with Crippen LogP contribution in [0.1, 0.15) is 32.2 Å². The molecule has 4 rings (SSSR count). The highest BCUT2D eigenvalue weighted by Crippen LogP contribution is 2.19. The lowest BCUT2D eigenvalue weighted by molar-refractivity contribution is -0.119. The lowest BCUT2D eigenvalue weighted by Gasteiger charge is -2.36. The van der Waals surface area contributed by atoms with Crippen LogP contribution in [-0.4, -0.2) is 68.1 Å². The van der Waals surface area contributed by atoms with E-state index in [9.17, 15) is 9.59 Å². The molecule has 1 aliphatic heterocycles. The normalized spacial score (nSPS) is 14.2. The number of aryl methyl sites for hydroxylation is 1. The first kappa shape index (κ1) is 24.4. The molecule has 1 aliphatic rings. The van der Waals surface area contributed by atoms with Crippen LogP contribution in [0.5, 0.6) is 0 Å². The number of aromatic nitrogens is 4. The lowest BCUT2D eigenvalue weighted by Crippen LogP contribution is -2.50. The molecule has 0 bridgehead atoms. The van der Waals surface area contributed by atoms with E-state index in [-0.39, 0.29) is 24.8 Å². The molecule has 1 fully saturated rings. The Balaban J connectivity index is 1.27. The number of nitrogens with zero attached hydrogens (tertiary/aromatic N) is 6. The third-order valence-corrected chi connectivity index (χ3v) is 5.67. The van der Waals surface area contributed by atoms with Gasteiger partial charge in [-0.1, -0.05) is 0 Å². The number of imidazole rings is 1. The molecule has 0 atom stereocenters. The summed E-state index contributed by atoms with van der Waals surface area (Å²) in [6.07, 6.45) is 7.09. The maximum Gasteiger partial charge on any atom is 0.410 e. The predicted molar refractivity (Wildman–Crippen MR) is 133 cm³/mol. The van der Waals surface area contributed by atoms with Crippen LogP contribution in [0.15, 0.2) is 49.2 Å². The zero-order valence-corrected chi connectivity index (χ0v) is 20.8. The van der Waals surface area contributed by atoms with Gasteiger partial charge in [0.25, 0.3) is 0 Å². The molecule has 0 aromatic carbocycles. The molecule has 0 radical (unpaired) electrons. The van der Waals surface area contributed by atoms with E-state index in [0.29, 0.717) is 26.2 Å². The van der Waals surface area contributed by atoms with Crippen molar-refractivity contribution in [2.45, 2.75) is 46.3 Å². The van der Waals surface area contributed by atoms with Gasteiger partial charge >= 0.3 is 6.09 Å². The number of carbonyl (C=O) groups excluding carboxylic acids is 2. The topological polar surface area (TPSA) is 93.5 Å². The summed E-state index contributed by atoms with van der Waals surface area (Å²) in [5.41, 5.74) is 3.94. The number of hydrogen-bond acceptors (Lipinski definition) is 7. The Morgan fingerprint density at radius 3 is 2.46 bits per heavy atom. The van der Waals surface area contributed by atoms with E-state index in [0.717, 1.165) is 28.3 Å². The number of carbonyl (C=O) groups is 2. The molecule has 0 aliphatic carbocycles. The quantitative estimate of drug-likeness (QED) is 0.537. The Hall–Kier alpha value is -3.75. The number of piperazine rings is 1. The maximum absolute atomic E-state index is 12.6. The molecule has 3 aromatic heterocycles.